The largest absolute Gasteiger partial charge is 0.378 e. The average molecular weight is 310 g/mol. The van der Waals surface area contributed by atoms with Gasteiger partial charge in [-0.1, -0.05) is 23.2 Å². The highest BCUT2D eigenvalue weighted by atomic mass is 35.5. The number of fused-ring (bicyclic) bond motifs is 1. The molecule has 0 amide bonds. The summed E-state index contributed by atoms with van der Waals surface area (Å²) in [5.74, 6) is 0. The Morgan fingerprint density at radius 2 is 2.05 bits per heavy atom. The number of nitrogens with zero attached hydrogens (tertiary/aromatic N) is 2. The van der Waals surface area contributed by atoms with Gasteiger partial charge in [-0.25, -0.2) is 4.98 Å². The van der Waals surface area contributed by atoms with Gasteiger partial charge in [0.15, 0.2) is 0 Å². The summed E-state index contributed by atoms with van der Waals surface area (Å²) in [6.45, 7) is 0.628. The van der Waals surface area contributed by atoms with Gasteiger partial charge in [-0.2, -0.15) is 0 Å². The van der Waals surface area contributed by atoms with E-state index in [4.69, 9.17) is 23.2 Å². The van der Waals surface area contributed by atoms with E-state index in [2.05, 4.69) is 15.3 Å². The van der Waals surface area contributed by atoms with Crippen LogP contribution in [0, 0.1) is 0 Å². The van der Waals surface area contributed by atoms with Gasteiger partial charge in [-0.15, -0.1) is 11.3 Å². The summed E-state index contributed by atoms with van der Waals surface area (Å²) in [4.78, 5) is 8.51. The van der Waals surface area contributed by atoms with Crippen LogP contribution >= 0.6 is 34.5 Å². The van der Waals surface area contributed by atoms with Crippen LogP contribution in [0.3, 0.4) is 0 Å². The highest BCUT2D eigenvalue weighted by Gasteiger charge is 2.06. The van der Waals surface area contributed by atoms with Gasteiger partial charge in [0.1, 0.15) is 9.34 Å². The Morgan fingerprint density at radius 1 is 1.16 bits per heavy atom. The molecule has 2 heterocycles. The van der Waals surface area contributed by atoms with Gasteiger partial charge in [0.05, 0.1) is 23.3 Å². The second-order valence-corrected chi connectivity index (χ2v) is 6.06. The summed E-state index contributed by atoms with van der Waals surface area (Å²) in [6.07, 6.45) is 3.39. The monoisotopic (exact) mass is 309 g/mol. The average Bonchev–Trinajstić information content (AvgIpc) is 2.84. The molecule has 1 aromatic carbocycles. The predicted octanol–water partition coefficient (Wildman–Crippen LogP) is 4.61. The molecule has 3 nitrogen and oxygen atoms in total. The first-order chi connectivity index (χ1) is 9.24. The van der Waals surface area contributed by atoms with Crippen molar-refractivity contribution in [2.45, 2.75) is 6.54 Å². The molecule has 0 atom stereocenters. The fourth-order valence-corrected chi connectivity index (χ4v) is 2.94. The lowest BCUT2D eigenvalue weighted by Crippen LogP contribution is -1.99. The van der Waals surface area contributed by atoms with E-state index < -0.39 is 0 Å². The maximum atomic E-state index is 6.13. The molecule has 0 spiro atoms. The molecule has 0 radical (unpaired) electrons. The van der Waals surface area contributed by atoms with Gasteiger partial charge in [-0.3, -0.25) is 4.98 Å². The lowest BCUT2D eigenvalue weighted by atomic mass is 10.2. The second kappa shape index (κ2) is 5.33. The molecule has 2 aromatic heterocycles. The number of benzene rings is 1. The van der Waals surface area contributed by atoms with Gasteiger partial charge in [0, 0.05) is 17.3 Å². The van der Waals surface area contributed by atoms with Crippen molar-refractivity contribution in [1.29, 1.82) is 0 Å². The van der Waals surface area contributed by atoms with E-state index in [1.807, 2.05) is 24.3 Å². The summed E-state index contributed by atoms with van der Waals surface area (Å²) in [7, 11) is 0. The van der Waals surface area contributed by atoms with Crippen LogP contribution in [0.1, 0.15) is 5.01 Å². The normalized spacial score (nSPS) is 10.8. The molecule has 3 aromatic rings. The number of hydrogen-bond donors (Lipinski definition) is 1. The van der Waals surface area contributed by atoms with Crippen molar-refractivity contribution >= 4 is 51.1 Å². The van der Waals surface area contributed by atoms with Gasteiger partial charge < -0.3 is 5.32 Å². The molecule has 0 fully saturated rings. The minimum Gasteiger partial charge on any atom is -0.378 e. The van der Waals surface area contributed by atoms with Crippen molar-refractivity contribution < 1.29 is 0 Å². The molecule has 0 unspecified atom stereocenters. The number of aromatic nitrogens is 2. The van der Waals surface area contributed by atoms with Crippen molar-refractivity contribution in [1.82, 2.24) is 9.97 Å². The first kappa shape index (κ1) is 12.7. The van der Waals surface area contributed by atoms with E-state index in [-0.39, 0.29) is 0 Å². The smallest absolute Gasteiger partial charge is 0.113 e. The standard InChI is InChI=1S/C13H9Cl2N3S/c14-9-3-4-10(8-2-1-5-16-13(8)9)17-7-12-18-6-11(15)19-12/h1-6,17H,7H2. The number of pyridine rings is 1. The molecule has 0 saturated heterocycles. The van der Waals surface area contributed by atoms with Crippen molar-refractivity contribution in [3.8, 4) is 0 Å². The van der Waals surface area contributed by atoms with Crippen LogP contribution in [-0.2, 0) is 6.54 Å². The predicted molar refractivity (Wildman–Crippen MR) is 81.2 cm³/mol. The fraction of sp³-hybridized carbons (Fsp3) is 0.0769. The molecule has 6 heteroatoms. The maximum Gasteiger partial charge on any atom is 0.113 e. The SMILES string of the molecule is Clc1cnc(CNc2ccc(Cl)c3ncccc23)s1. The molecule has 0 aliphatic rings. The summed E-state index contributed by atoms with van der Waals surface area (Å²) < 4.78 is 0.694. The Morgan fingerprint density at radius 3 is 2.84 bits per heavy atom. The minimum absolute atomic E-state index is 0.628. The Bertz CT molecular complexity index is 727. The van der Waals surface area contributed by atoms with Crippen molar-refractivity contribution in [3.05, 3.63) is 51.0 Å². The first-order valence-electron chi connectivity index (χ1n) is 5.61. The first-order valence-corrected chi connectivity index (χ1v) is 7.18. The third-order valence-corrected chi connectivity index (χ3v) is 4.10. The Hall–Kier alpha value is -1.36. The molecule has 0 bridgehead atoms. The van der Waals surface area contributed by atoms with E-state index in [1.165, 1.54) is 11.3 Å². The summed E-state index contributed by atoms with van der Waals surface area (Å²) in [5, 5.41) is 5.93. The Balaban J connectivity index is 1.91. The van der Waals surface area contributed by atoms with Crippen LogP contribution in [0.4, 0.5) is 5.69 Å². The molecular weight excluding hydrogens is 301 g/mol. The van der Waals surface area contributed by atoms with Gasteiger partial charge >= 0.3 is 0 Å². The quantitative estimate of drug-likeness (QED) is 0.767. The van der Waals surface area contributed by atoms with Crippen LogP contribution in [0.2, 0.25) is 9.36 Å². The zero-order valence-corrected chi connectivity index (χ0v) is 12.1. The highest BCUT2D eigenvalue weighted by Crippen LogP contribution is 2.28. The minimum atomic E-state index is 0.628. The Kier molecular flexibility index (Phi) is 3.55. The number of halogens is 2. The van der Waals surface area contributed by atoms with Gasteiger partial charge in [0.2, 0.25) is 0 Å². The van der Waals surface area contributed by atoms with Crippen LogP contribution in [0.5, 0.6) is 0 Å². The fourth-order valence-electron chi connectivity index (χ4n) is 1.83. The van der Waals surface area contributed by atoms with Crippen molar-refractivity contribution in [2.75, 3.05) is 5.32 Å². The molecule has 96 valence electrons. The van der Waals surface area contributed by atoms with E-state index in [0.717, 1.165) is 21.6 Å². The number of anilines is 1. The van der Waals surface area contributed by atoms with Crippen LogP contribution in [0.25, 0.3) is 10.9 Å². The third-order valence-electron chi connectivity index (χ3n) is 2.68. The molecule has 0 saturated carbocycles. The summed E-state index contributed by atoms with van der Waals surface area (Å²) in [5.41, 5.74) is 1.78. The number of nitrogens with one attached hydrogen (secondary N) is 1. The van der Waals surface area contributed by atoms with E-state index in [9.17, 15) is 0 Å². The number of rotatable bonds is 3. The van der Waals surface area contributed by atoms with E-state index in [0.29, 0.717) is 15.9 Å². The topological polar surface area (TPSA) is 37.8 Å². The number of hydrogen-bond acceptors (Lipinski definition) is 4. The zero-order valence-electron chi connectivity index (χ0n) is 9.73. The maximum absolute atomic E-state index is 6.13. The Labute approximate surface area is 124 Å². The highest BCUT2D eigenvalue weighted by molar-refractivity contribution is 7.15. The molecule has 0 aliphatic carbocycles. The molecule has 19 heavy (non-hydrogen) atoms. The van der Waals surface area contributed by atoms with Crippen molar-refractivity contribution in [2.24, 2.45) is 0 Å². The van der Waals surface area contributed by atoms with E-state index >= 15 is 0 Å². The van der Waals surface area contributed by atoms with Crippen molar-refractivity contribution in [3.63, 3.8) is 0 Å². The lowest BCUT2D eigenvalue weighted by molar-refractivity contribution is 1.11. The summed E-state index contributed by atoms with van der Waals surface area (Å²) in [6, 6.07) is 7.67. The molecular formula is C13H9Cl2N3S. The van der Waals surface area contributed by atoms with Crippen LogP contribution < -0.4 is 5.32 Å². The molecule has 3 rings (SSSR count). The molecule has 1 N–H and O–H groups in total. The zero-order chi connectivity index (χ0) is 13.2. The lowest BCUT2D eigenvalue weighted by Gasteiger charge is -2.08. The second-order valence-electron chi connectivity index (χ2n) is 3.91. The molecule has 0 aliphatic heterocycles. The summed E-state index contributed by atoms with van der Waals surface area (Å²) >= 11 is 13.5. The number of thiazole rings is 1. The third kappa shape index (κ3) is 2.66. The van der Waals surface area contributed by atoms with Gasteiger partial charge in [-0.05, 0) is 24.3 Å². The van der Waals surface area contributed by atoms with Gasteiger partial charge in [0.25, 0.3) is 0 Å². The van der Waals surface area contributed by atoms with Crippen LogP contribution in [0.15, 0.2) is 36.7 Å². The van der Waals surface area contributed by atoms with Crippen LogP contribution in [-0.4, -0.2) is 9.97 Å². The van der Waals surface area contributed by atoms with E-state index in [1.54, 1.807) is 12.4 Å².